The van der Waals surface area contributed by atoms with Gasteiger partial charge in [-0.05, 0) is 37.4 Å². The predicted molar refractivity (Wildman–Crippen MR) is 85.2 cm³/mol. The molecular weight excluding hydrogens is 256 g/mol. The number of benzene rings is 1. The molecule has 2 rings (SSSR count). The maximum Gasteiger partial charge on any atom is 0.0320 e. The summed E-state index contributed by atoms with van der Waals surface area (Å²) in [6, 6.07) is 10.4. The lowest BCUT2D eigenvalue weighted by molar-refractivity contribution is 0.257. The normalized spacial score (nSPS) is 21.4. The minimum Gasteiger partial charge on any atom is -0.316 e. The lowest BCUT2D eigenvalue weighted by Crippen LogP contribution is -2.31. The maximum absolute atomic E-state index is 3.38. The zero-order valence-corrected chi connectivity index (χ0v) is 13.3. The van der Waals surface area contributed by atoms with Crippen LogP contribution in [0.25, 0.3) is 0 Å². The fourth-order valence-electron chi connectivity index (χ4n) is 2.74. The predicted octanol–water partition coefficient (Wildman–Crippen LogP) is 3.59. The third-order valence-corrected chi connectivity index (χ3v) is 4.26. The minimum absolute atomic E-state index is 0. The van der Waals surface area contributed by atoms with Crippen LogP contribution in [0.3, 0.4) is 0 Å². The van der Waals surface area contributed by atoms with Crippen LogP contribution in [0.2, 0.25) is 0 Å². The second-order valence-electron chi connectivity index (χ2n) is 5.77. The largest absolute Gasteiger partial charge is 0.316 e. The third kappa shape index (κ3) is 3.95. The van der Waals surface area contributed by atoms with Crippen molar-refractivity contribution in [2.24, 2.45) is 0 Å². The van der Waals surface area contributed by atoms with E-state index in [0.717, 1.165) is 0 Å². The molecule has 0 saturated carbocycles. The summed E-state index contributed by atoms with van der Waals surface area (Å²) >= 11 is 0. The number of likely N-dealkylation sites (N-methyl/N-ethyl adjacent to an activating group) is 1. The van der Waals surface area contributed by atoms with Crippen molar-refractivity contribution in [3.05, 3.63) is 35.4 Å². The first-order chi connectivity index (χ1) is 8.61. The SMILES string of the molecule is CNC1CCN(C(C)c2ccc(C(C)C)cc2)C1.Cl. The molecule has 1 aromatic carbocycles. The van der Waals surface area contributed by atoms with E-state index in [1.54, 1.807) is 0 Å². The summed E-state index contributed by atoms with van der Waals surface area (Å²) in [5.74, 6) is 0.620. The van der Waals surface area contributed by atoms with Gasteiger partial charge in [0.2, 0.25) is 0 Å². The van der Waals surface area contributed by atoms with E-state index in [1.807, 2.05) is 0 Å². The smallest absolute Gasteiger partial charge is 0.0320 e. The topological polar surface area (TPSA) is 15.3 Å². The summed E-state index contributed by atoms with van der Waals surface area (Å²) in [5.41, 5.74) is 2.87. The van der Waals surface area contributed by atoms with Crippen molar-refractivity contribution >= 4 is 12.4 Å². The van der Waals surface area contributed by atoms with Gasteiger partial charge < -0.3 is 5.32 Å². The summed E-state index contributed by atoms with van der Waals surface area (Å²) in [4.78, 5) is 2.57. The van der Waals surface area contributed by atoms with Gasteiger partial charge in [-0.3, -0.25) is 4.90 Å². The van der Waals surface area contributed by atoms with E-state index in [9.17, 15) is 0 Å². The monoisotopic (exact) mass is 282 g/mol. The molecule has 1 fully saturated rings. The van der Waals surface area contributed by atoms with Crippen LogP contribution in [0.4, 0.5) is 0 Å². The molecule has 2 nitrogen and oxygen atoms in total. The molecule has 1 N–H and O–H groups in total. The van der Waals surface area contributed by atoms with Crippen LogP contribution >= 0.6 is 12.4 Å². The van der Waals surface area contributed by atoms with Crippen molar-refractivity contribution in [2.75, 3.05) is 20.1 Å². The molecule has 108 valence electrons. The van der Waals surface area contributed by atoms with Crippen LogP contribution in [0, 0.1) is 0 Å². The molecule has 1 aromatic rings. The van der Waals surface area contributed by atoms with Crippen molar-refractivity contribution in [1.29, 1.82) is 0 Å². The van der Waals surface area contributed by atoms with E-state index in [1.165, 1.54) is 30.6 Å². The molecular formula is C16H27ClN2. The standard InChI is InChI=1S/C16H26N2.ClH/c1-12(2)14-5-7-15(8-6-14)13(3)18-10-9-16(11-18)17-4;/h5-8,12-13,16-17H,9-11H2,1-4H3;1H. The van der Waals surface area contributed by atoms with Gasteiger partial charge in [-0.15, -0.1) is 12.4 Å². The van der Waals surface area contributed by atoms with Crippen molar-refractivity contribution in [2.45, 2.75) is 45.2 Å². The van der Waals surface area contributed by atoms with Crippen LogP contribution < -0.4 is 5.32 Å². The second-order valence-corrected chi connectivity index (χ2v) is 5.77. The van der Waals surface area contributed by atoms with Gasteiger partial charge in [0, 0.05) is 25.2 Å². The number of hydrogen-bond acceptors (Lipinski definition) is 2. The van der Waals surface area contributed by atoms with Crippen LogP contribution in [0.5, 0.6) is 0 Å². The van der Waals surface area contributed by atoms with E-state index in [4.69, 9.17) is 0 Å². The van der Waals surface area contributed by atoms with E-state index >= 15 is 0 Å². The molecule has 1 heterocycles. The minimum atomic E-state index is 0. The molecule has 0 aliphatic carbocycles. The van der Waals surface area contributed by atoms with E-state index in [2.05, 4.69) is 62.3 Å². The van der Waals surface area contributed by atoms with Gasteiger partial charge in [-0.1, -0.05) is 38.1 Å². The molecule has 0 spiro atoms. The van der Waals surface area contributed by atoms with Gasteiger partial charge >= 0.3 is 0 Å². The molecule has 2 unspecified atom stereocenters. The average Bonchev–Trinajstić information content (AvgIpc) is 2.86. The highest BCUT2D eigenvalue weighted by atomic mass is 35.5. The molecule has 19 heavy (non-hydrogen) atoms. The first-order valence-electron chi connectivity index (χ1n) is 7.13. The highest BCUT2D eigenvalue weighted by Crippen LogP contribution is 2.26. The molecule has 3 heteroatoms. The van der Waals surface area contributed by atoms with E-state index < -0.39 is 0 Å². The van der Waals surface area contributed by atoms with Crippen molar-refractivity contribution in [3.63, 3.8) is 0 Å². The molecule has 0 amide bonds. The van der Waals surface area contributed by atoms with Crippen LogP contribution in [0.15, 0.2) is 24.3 Å². The highest BCUT2D eigenvalue weighted by molar-refractivity contribution is 5.85. The van der Waals surface area contributed by atoms with Gasteiger partial charge in [0.1, 0.15) is 0 Å². The summed E-state index contributed by atoms with van der Waals surface area (Å²) in [5, 5.41) is 3.38. The number of halogens is 1. The third-order valence-electron chi connectivity index (χ3n) is 4.26. The Balaban J connectivity index is 0.00000180. The molecule has 1 aliphatic rings. The van der Waals surface area contributed by atoms with E-state index in [-0.39, 0.29) is 12.4 Å². The van der Waals surface area contributed by atoms with Gasteiger partial charge in [-0.25, -0.2) is 0 Å². The van der Waals surface area contributed by atoms with E-state index in [0.29, 0.717) is 18.0 Å². The van der Waals surface area contributed by atoms with Gasteiger partial charge in [-0.2, -0.15) is 0 Å². The number of nitrogens with one attached hydrogen (secondary N) is 1. The molecule has 0 radical (unpaired) electrons. The Labute approximate surface area is 124 Å². The molecule has 1 saturated heterocycles. The average molecular weight is 283 g/mol. The van der Waals surface area contributed by atoms with Gasteiger partial charge in [0.15, 0.2) is 0 Å². The summed E-state index contributed by atoms with van der Waals surface area (Å²) in [7, 11) is 2.07. The quantitative estimate of drug-likeness (QED) is 0.908. The number of nitrogens with zero attached hydrogens (tertiary/aromatic N) is 1. The highest BCUT2D eigenvalue weighted by Gasteiger charge is 2.25. The Kier molecular flexibility index (Phi) is 6.31. The van der Waals surface area contributed by atoms with Gasteiger partial charge in [0.25, 0.3) is 0 Å². The Morgan fingerprint density at radius 1 is 1.11 bits per heavy atom. The maximum atomic E-state index is 3.38. The van der Waals surface area contributed by atoms with Crippen molar-refractivity contribution in [1.82, 2.24) is 10.2 Å². The lowest BCUT2D eigenvalue weighted by atomic mass is 9.99. The first kappa shape index (κ1) is 16.5. The van der Waals surface area contributed by atoms with Crippen LogP contribution in [-0.2, 0) is 0 Å². The number of rotatable bonds is 4. The van der Waals surface area contributed by atoms with Crippen LogP contribution in [-0.4, -0.2) is 31.1 Å². The molecule has 0 aromatic heterocycles. The van der Waals surface area contributed by atoms with Crippen molar-refractivity contribution < 1.29 is 0 Å². The Hall–Kier alpha value is -0.570. The fourth-order valence-corrected chi connectivity index (χ4v) is 2.74. The number of hydrogen-bond donors (Lipinski definition) is 1. The molecule has 2 atom stereocenters. The molecule has 0 bridgehead atoms. The fraction of sp³-hybridized carbons (Fsp3) is 0.625. The summed E-state index contributed by atoms with van der Waals surface area (Å²) < 4.78 is 0. The first-order valence-corrected chi connectivity index (χ1v) is 7.13. The molecule has 1 aliphatic heterocycles. The lowest BCUT2D eigenvalue weighted by Gasteiger charge is -2.25. The van der Waals surface area contributed by atoms with Crippen LogP contribution in [0.1, 0.15) is 50.3 Å². The Bertz CT molecular complexity index is 375. The summed E-state index contributed by atoms with van der Waals surface area (Å²) in [6.45, 7) is 9.19. The second kappa shape index (κ2) is 7.28. The Morgan fingerprint density at radius 2 is 1.68 bits per heavy atom. The Morgan fingerprint density at radius 3 is 2.16 bits per heavy atom. The summed E-state index contributed by atoms with van der Waals surface area (Å²) in [6.07, 6.45) is 1.27. The number of likely N-dealkylation sites (tertiary alicyclic amines) is 1. The van der Waals surface area contributed by atoms with Gasteiger partial charge in [0.05, 0.1) is 0 Å². The van der Waals surface area contributed by atoms with Crippen molar-refractivity contribution in [3.8, 4) is 0 Å². The zero-order chi connectivity index (χ0) is 13.1. The zero-order valence-electron chi connectivity index (χ0n) is 12.5.